The molecule has 0 saturated carbocycles. The van der Waals surface area contributed by atoms with Crippen molar-refractivity contribution >= 4 is 23.3 Å². The minimum Gasteiger partial charge on any atom is -0.497 e. The summed E-state index contributed by atoms with van der Waals surface area (Å²) in [6, 6.07) is 7.36. The zero-order valence-electron chi connectivity index (χ0n) is 13.4. The number of anilines is 1. The largest absolute Gasteiger partial charge is 0.497 e. The lowest BCUT2D eigenvalue weighted by molar-refractivity contribution is 0.415. The molecule has 0 bridgehead atoms. The highest BCUT2D eigenvalue weighted by Crippen LogP contribution is 2.13. The molecular formula is C15H16N6O3. The summed E-state index contributed by atoms with van der Waals surface area (Å²) in [5.74, 6) is 1.11. The molecule has 2 N–H and O–H groups in total. The molecule has 2 heterocycles. The van der Waals surface area contributed by atoms with Crippen LogP contribution in [0.1, 0.15) is 5.56 Å². The van der Waals surface area contributed by atoms with E-state index < -0.39 is 11.2 Å². The molecule has 2 aromatic heterocycles. The molecule has 9 nitrogen and oxygen atoms in total. The topological polar surface area (TPSA) is 106 Å². The number of imidazole rings is 1. The SMILES string of the molecule is COc1ccc(/C=N\Nc2nc3c(c(=O)[nH]c(=O)n3C)n2C)cc1. The Morgan fingerprint density at radius 1 is 1.21 bits per heavy atom. The van der Waals surface area contributed by atoms with Gasteiger partial charge in [-0.15, -0.1) is 0 Å². The van der Waals surface area contributed by atoms with Crippen LogP contribution in [0, 0.1) is 0 Å². The highest BCUT2D eigenvalue weighted by molar-refractivity contribution is 5.80. The Bertz CT molecular complexity index is 1030. The maximum Gasteiger partial charge on any atom is 0.329 e. The minimum atomic E-state index is -0.515. The summed E-state index contributed by atoms with van der Waals surface area (Å²) in [6.07, 6.45) is 1.61. The summed E-state index contributed by atoms with van der Waals surface area (Å²) in [4.78, 5) is 30.1. The number of benzene rings is 1. The van der Waals surface area contributed by atoms with Gasteiger partial charge in [-0.25, -0.2) is 10.2 Å². The molecule has 0 unspecified atom stereocenters. The van der Waals surface area contributed by atoms with Crippen LogP contribution in [0.15, 0.2) is 39.0 Å². The zero-order valence-corrected chi connectivity index (χ0v) is 13.4. The van der Waals surface area contributed by atoms with Crippen LogP contribution in [0.2, 0.25) is 0 Å². The average Bonchev–Trinajstić information content (AvgIpc) is 2.91. The molecule has 0 aliphatic rings. The minimum absolute atomic E-state index is 0.286. The number of hydrogen-bond donors (Lipinski definition) is 2. The van der Waals surface area contributed by atoms with E-state index in [1.165, 1.54) is 11.6 Å². The average molecular weight is 328 g/mol. The number of nitrogens with zero attached hydrogens (tertiary/aromatic N) is 4. The van der Waals surface area contributed by atoms with E-state index in [1.54, 1.807) is 24.9 Å². The summed E-state index contributed by atoms with van der Waals surface area (Å²) >= 11 is 0. The van der Waals surface area contributed by atoms with Crippen LogP contribution in [0.25, 0.3) is 11.2 Å². The molecule has 3 rings (SSSR count). The Morgan fingerprint density at radius 3 is 2.58 bits per heavy atom. The lowest BCUT2D eigenvalue weighted by atomic mass is 10.2. The van der Waals surface area contributed by atoms with Crippen LogP contribution in [0.4, 0.5) is 5.95 Å². The van der Waals surface area contributed by atoms with Gasteiger partial charge in [0.2, 0.25) is 5.95 Å². The predicted octanol–water partition coefficient (Wildman–Crippen LogP) is 0.415. The Labute approximate surface area is 136 Å². The molecule has 24 heavy (non-hydrogen) atoms. The molecule has 9 heteroatoms. The number of methoxy groups -OCH3 is 1. The number of aryl methyl sites for hydroxylation is 2. The lowest BCUT2D eigenvalue weighted by Gasteiger charge is -2.01. The molecule has 0 aliphatic heterocycles. The molecule has 3 aromatic rings. The van der Waals surface area contributed by atoms with Gasteiger partial charge in [-0.3, -0.25) is 14.3 Å². The van der Waals surface area contributed by atoms with E-state index in [-0.39, 0.29) is 5.65 Å². The van der Waals surface area contributed by atoms with Gasteiger partial charge < -0.3 is 9.30 Å². The summed E-state index contributed by atoms with van der Waals surface area (Å²) in [5, 5.41) is 4.11. The van der Waals surface area contributed by atoms with Crippen molar-refractivity contribution in [2.24, 2.45) is 19.2 Å². The van der Waals surface area contributed by atoms with Crippen LogP contribution >= 0.6 is 0 Å². The molecule has 0 amide bonds. The number of ether oxygens (including phenoxy) is 1. The molecule has 0 saturated heterocycles. The maximum absolute atomic E-state index is 11.9. The van der Waals surface area contributed by atoms with Crippen LogP contribution in [-0.4, -0.2) is 32.4 Å². The fourth-order valence-electron chi connectivity index (χ4n) is 2.26. The highest BCUT2D eigenvalue weighted by atomic mass is 16.5. The van der Waals surface area contributed by atoms with E-state index in [4.69, 9.17) is 4.74 Å². The van der Waals surface area contributed by atoms with Gasteiger partial charge in [0, 0.05) is 14.1 Å². The third-order valence-electron chi connectivity index (χ3n) is 3.63. The molecule has 0 spiro atoms. The third-order valence-corrected chi connectivity index (χ3v) is 3.63. The van der Waals surface area contributed by atoms with Crippen molar-refractivity contribution in [3.63, 3.8) is 0 Å². The second kappa shape index (κ2) is 6.03. The Hall–Kier alpha value is -3.36. The van der Waals surface area contributed by atoms with Crippen molar-refractivity contribution in [2.75, 3.05) is 12.5 Å². The van der Waals surface area contributed by atoms with Crippen LogP contribution in [-0.2, 0) is 14.1 Å². The number of aromatic amines is 1. The smallest absolute Gasteiger partial charge is 0.329 e. The quantitative estimate of drug-likeness (QED) is 0.533. The number of nitrogens with one attached hydrogen (secondary N) is 2. The summed E-state index contributed by atoms with van der Waals surface area (Å²) < 4.78 is 7.90. The van der Waals surface area contributed by atoms with E-state index in [2.05, 4.69) is 20.5 Å². The molecule has 124 valence electrons. The maximum atomic E-state index is 11.9. The Balaban J connectivity index is 1.90. The van der Waals surface area contributed by atoms with Crippen molar-refractivity contribution in [2.45, 2.75) is 0 Å². The highest BCUT2D eigenvalue weighted by Gasteiger charge is 2.14. The summed E-state index contributed by atoms with van der Waals surface area (Å²) in [6.45, 7) is 0. The van der Waals surface area contributed by atoms with E-state index in [0.29, 0.717) is 11.5 Å². The first-order valence-corrected chi connectivity index (χ1v) is 7.10. The number of hydrazone groups is 1. The summed E-state index contributed by atoms with van der Waals surface area (Å²) in [5.41, 5.74) is 3.21. The van der Waals surface area contributed by atoms with E-state index in [1.807, 2.05) is 24.3 Å². The van der Waals surface area contributed by atoms with Gasteiger partial charge in [0.1, 0.15) is 5.75 Å². The van der Waals surface area contributed by atoms with Crippen molar-refractivity contribution in [1.29, 1.82) is 0 Å². The molecule has 0 aliphatic carbocycles. The van der Waals surface area contributed by atoms with Gasteiger partial charge in [-0.1, -0.05) is 0 Å². The zero-order chi connectivity index (χ0) is 17.3. The number of hydrogen-bond acceptors (Lipinski definition) is 6. The first-order chi connectivity index (χ1) is 11.5. The van der Waals surface area contributed by atoms with Crippen molar-refractivity contribution in [3.8, 4) is 5.75 Å². The van der Waals surface area contributed by atoms with Gasteiger partial charge in [-0.05, 0) is 29.8 Å². The lowest BCUT2D eigenvalue weighted by Crippen LogP contribution is -2.29. The number of rotatable bonds is 4. The fourth-order valence-corrected chi connectivity index (χ4v) is 2.26. The third kappa shape index (κ3) is 2.67. The molecule has 0 radical (unpaired) electrons. The van der Waals surface area contributed by atoms with Gasteiger partial charge in [0.15, 0.2) is 11.2 Å². The number of H-pyrrole nitrogens is 1. The first kappa shape index (κ1) is 15.5. The van der Waals surface area contributed by atoms with Crippen molar-refractivity contribution in [3.05, 3.63) is 50.7 Å². The molecule has 0 atom stereocenters. The number of fused-ring (bicyclic) bond motifs is 1. The fraction of sp³-hybridized carbons (Fsp3) is 0.200. The Kier molecular flexibility index (Phi) is 3.90. The first-order valence-electron chi connectivity index (χ1n) is 7.10. The van der Waals surface area contributed by atoms with Crippen molar-refractivity contribution < 1.29 is 4.74 Å². The van der Waals surface area contributed by atoms with Gasteiger partial charge >= 0.3 is 5.69 Å². The monoisotopic (exact) mass is 328 g/mol. The van der Waals surface area contributed by atoms with Gasteiger partial charge in [0.25, 0.3) is 5.56 Å². The van der Waals surface area contributed by atoms with Crippen molar-refractivity contribution in [1.82, 2.24) is 19.1 Å². The predicted molar refractivity (Wildman–Crippen MR) is 90.8 cm³/mol. The number of aromatic nitrogens is 4. The van der Waals surface area contributed by atoms with E-state index in [0.717, 1.165) is 11.3 Å². The second-order valence-electron chi connectivity index (χ2n) is 5.13. The van der Waals surface area contributed by atoms with Crippen LogP contribution in [0.3, 0.4) is 0 Å². The summed E-state index contributed by atoms with van der Waals surface area (Å²) in [7, 11) is 4.81. The molecule has 0 fully saturated rings. The van der Waals surface area contributed by atoms with E-state index in [9.17, 15) is 9.59 Å². The van der Waals surface area contributed by atoms with Crippen LogP contribution < -0.4 is 21.4 Å². The normalized spacial score (nSPS) is 11.3. The molecular weight excluding hydrogens is 312 g/mol. The van der Waals surface area contributed by atoms with Crippen LogP contribution in [0.5, 0.6) is 5.75 Å². The second-order valence-corrected chi connectivity index (χ2v) is 5.13. The van der Waals surface area contributed by atoms with Gasteiger partial charge in [0.05, 0.1) is 13.3 Å². The van der Waals surface area contributed by atoms with Gasteiger partial charge in [-0.2, -0.15) is 10.1 Å². The molecule has 1 aromatic carbocycles. The Morgan fingerprint density at radius 2 is 1.92 bits per heavy atom. The standard InChI is InChI=1S/C15H16N6O3/c1-20-11-12(21(2)15(23)18-13(11)22)17-14(20)19-16-8-9-4-6-10(24-3)7-5-9/h4-8H,1-3H3,(H,17,19)(H,18,22,23)/b16-8-. The van der Waals surface area contributed by atoms with E-state index >= 15 is 0 Å².